The van der Waals surface area contributed by atoms with Crippen LogP contribution in [0.4, 0.5) is 45.7 Å². The smallest absolute Gasteiger partial charge is 0.480 e. The van der Waals surface area contributed by atoms with Crippen molar-refractivity contribution in [3.05, 3.63) is 207 Å². The molecule has 6 N–H and O–H groups in total. The highest BCUT2D eigenvalue weighted by atomic mass is 35.5. The predicted octanol–water partition coefficient (Wildman–Crippen LogP) is 11.4. The van der Waals surface area contributed by atoms with Crippen LogP contribution in [0.5, 0.6) is 46.0 Å². The number of β-lactam (4-membered cyclic amide) rings is 4. The number of nitrogen functional groups attached to an aromatic ring is 1. The van der Waals surface area contributed by atoms with E-state index < -0.39 is 168 Å². The van der Waals surface area contributed by atoms with Crippen molar-refractivity contribution >= 4 is 100 Å². The first-order valence-electron chi connectivity index (χ1n) is 39.3. The highest BCUT2D eigenvalue weighted by Crippen LogP contribution is 2.48. The van der Waals surface area contributed by atoms with Crippen LogP contribution in [-0.4, -0.2) is 182 Å². The Morgan fingerprint density at radius 1 is 0.411 bits per heavy atom. The Morgan fingerprint density at radius 3 is 1.05 bits per heavy atom. The van der Waals surface area contributed by atoms with Gasteiger partial charge in [-0.2, -0.15) is 0 Å². The second-order valence-corrected chi connectivity index (χ2v) is 31.5. The van der Waals surface area contributed by atoms with Gasteiger partial charge >= 0.3 is 55.1 Å². The van der Waals surface area contributed by atoms with E-state index in [0.29, 0.717) is 43.8 Å². The van der Waals surface area contributed by atoms with Gasteiger partial charge in [0.1, 0.15) is 34.2 Å². The number of likely N-dealkylation sites (tertiary alicyclic amines) is 4. The first kappa shape index (κ1) is 92.6. The predicted molar refractivity (Wildman–Crippen MR) is 424 cm³/mol. The van der Waals surface area contributed by atoms with Crippen LogP contribution < -0.4 is 48.9 Å². The molecule has 4 saturated heterocycles. The molecule has 0 bridgehead atoms. The van der Waals surface area contributed by atoms with E-state index in [1.807, 2.05) is 0 Å². The fourth-order valence-electron chi connectivity index (χ4n) is 15.5. The van der Waals surface area contributed by atoms with Crippen molar-refractivity contribution in [3.8, 4) is 46.0 Å². The lowest BCUT2D eigenvalue weighted by molar-refractivity contribution is -0.287. The number of fused-ring (bicyclic) bond motifs is 4. The summed E-state index contributed by atoms with van der Waals surface area (Å²) in [6.45, 7) is 8.30. The van der Waals surface area contributed by atoms with Crippen LogP contribution in [0, 0.1) is 23.7 Å². The fraction of sp³-hybridized carbons (Fsp3) is 0.341. The molecule has 0 unspecified atom stereocenters. The number of urea groups is 1. The van der Waals surface area contributed by atoms with Crippen molar-refractivity contribution in [2.75, 3.05) is 12.3 Å². The molecular weight excluding hydrogens is 1770 g/mol. The second kappa shape index (κ2) is 37.1. The average Bonchev–Trinajstić information content (AvgIpc) is 1.75. The summed E-state index contributed by atoms with van der Waals surface area (Å²) in [5, 5.41) is 31.7. The van der Waals surface area contributed by atoms with E-state index in [4.69, 9.17) is 33.7 Å². The van der Waals surface area contributed by atoms with E-state index >= 15 is 0 Å². The van der Waals surface area contributed by atoms with Gasteiger partial charge in [0.15, 0.2) is 52.0 Å². The summed E-state index contributed by atoms with van der Waals surface area (Å²) in [6.07, 6.45) is -7.49. The number of anilines is 1. The lowest BCUT2D eigenvalue weighted by Gasteiger charge is -2.44. The van der Waals surface area contributed by atoms with Crippen LogP contribution >= 0.6 is 23.2 Å². The standard InChI is InChI=1S/C23H21ClF2N2O6.C21H17ClF2N2O6.C21H18F2N2O6.C20H18F2N4O6/c1-3-32-22(31)20-15(9-13-6-7-27-18(24)10-13)21(30)28(20)19(29)8-12(2)14-4-5-16-17(11-14)34-23(25,26)33-16;1-10(12-2-3-14-15(9-12)32-21(23,24)31-14)6-17(27)26-18(20(29)30)13(19(26)28)7-11-4-5-25-16(22)8-11;1-11(13-2-3-15-16(10-13)31-21(22,23)30-15)8-17(26)25-18(20(28)29)14(19(25)27)9-12-4-6-24-7-5-12;1-9(11-2-3-13-14(8-11)32-20(21,22)31-13)25-19(30)26-16(18(28)29)12(17(26)27)6-10-4-5-24-15(23)7-10/h4-7,10-12,15,20H,3,8-9H2,1-2H3;2-5,8-10,13,18H,6-7H2,1H3,(H,29,30);2-7,10-11,14,18H,8-9H2,1H3,(H,28,29);2-5,7-9,12,16H,6H2,1H3,(H2,23,24)(H,25,30)(H,28,29)/t12-,15+,20-;10-,13+,18-;11-,14+,18-;9-,12-,16+/m0001/s1. The Morgan fingerprint density at radius 2 is 0.705 bits per heavy atom. The number of halogens is 10. The van der Waals surface area contributed by atoms with Gasteiger partial charge in [0, 0.05) is 50.2 Å². The third-order valence-corrected chi connectivity index (χ3v) is 22.3. The Kier molecular flexibility index (Phi) is 26.6. The second-order valence-electron chi connectivity index (χ2n) is 30.7. The van der Waals surface area contributed by atoms with E-state index in [9.17, 15) is 108 Å². The number of nitrogens with two attached hydrogens (primary N) is 1. The van der Waals surface area contributed by atoms with Crippen LogP contribution in [0.2, 0.25) is 10.3 Å². The molecule has 8 aliphatic rings. The van der Waals surface area contributed by atoms with E-state index in [0.717, 1.165) is 20.3 Å². The largest absolute Gasteiger partial charge is 0.586 e. The minimum Gasteiger partial charge on any atom is -0.480 e. The van der Waals surface area contributed by atoms with Crippen molar-refractivity contribution < 1.29 is 151 Å². The Labute approximate surface area is 734 Å². The zero-order valence-corrected chi connectivity index (χ0v) is 69.4. The van der Waals surface area contributed by atoms with Gasteiger partial charge in [-0.25, -0.2) is 43.8 Å². The molecule has 8 aliphatic heterocycles. The summed E-state index contributed by atoms with van der Waals surface area (Å²) in [5.41, 5.74) is 10.3. The van der Waals surface area contributed by atoms with Crippen LogP contribution in [0.1, 0.15) is 122 Å². The molecule has 12 atom stereocenters. The summed E-state index contributed by atoms with van der Waals surface area (Å²) in [4.78, 5) is 168. The third-order valence-electron chi connectivity index (χ3n) is 21.9. The summed E-state index contributed by atoms with van der Waals surface area (Å²) in [6, 6.07) is 22.8. The Hall–Kier alpha value is -14.1. The maximum absolute atomic E-state index is 13.3. The van der Waals surface area contributed by atoms with Crippen molar-refractivity contribution in [1.82, 2.24) is 44.9 Å². The molecule has 16 rings (SSSR count). The van der Waals surface area contributed by atoms with Gasteiger partial charge in [0.05, 0.1) is 36.3 Å². The number of benzene rings is 4. The van der Waals surface area contributed by atoms with E-state index in [2.05, 4.69) is 63.1 Å². The molecule has 678 valence electrons. The molecular formula is C85H74Cl2F8N10O24. The van der Waals surface area contributed by atoms with Crippen LogP contribution in [-0.2, 0) is 83.2 Å². The molecule has 8 aromatic rings. The fourth-order valence-corrected chi connectivity index (χ4v) is 15.9. The molecule has 34 nitrogen and oxygen atoms in total. The molecule has 9 amide bonds. The zero-order chi connectivity index (χ0) is 93.4. The van der Waals surface area contributed by atoms with E-state index in [-0.39, 0.29) is 114 Å². The molecule has 4 fully saturated rings. The van der Waals surface area contributed by atoms with Gasteiger partial charge in [-0.05, 0) is 199 Å². The molecule has 0 saturated carbocycles. The number of rotatable bonds is 24. The number of carbonyl (C=O) groups excluding carboxylic acids is 9. The number of aromatic nitrogens is 4. The zero-order valence-electron chi connectivity index (χ0n) is 67.9. The van der Waals surface area contributed by atoms with E-state index in [1.54, 1.807) is 83.4 Å². The first-order valence-corrected chi connectivity index (χ1v) is 40.1. The Bertz CT molecular complexity index is 5620. The number of nitrogens with zero attached hydrogens (tertiary/aromatic N) is 8. The lowest BCUT2D eigenvalue weighted by atomic mass is 9.81. The average molecular weight is 1840 g/mol. The molecule has 0 spiro atoms. The monoisotopic (exact) mass is 1840 g/mol. The van der Waals surface area contributed by atoms with Gasteiger partial charge in [-0.15, -0.1) is 35.1 Å². The SMILES string of the molecule is CCOC(=O)[C@@H]1[C@@H](Cc2ccnc(Cl)c2)C(=O)N1C(=O)C[C@H](C)c1ccc2c(c1)OC(F)(F)O2.C[C@@H](CC(=O)N1C(=O)[C@H](Cc2ccnc(Cl)c2)[C@H]1C(=O)O)c1ccc2c(c1)OC(F)(F)O2.C[C@@H](CC(=O)N1C(=O)[C@H](Cc2ccncc2)[C@H]1C(=O)O)c1ccc2c(c1)OC(F)(F)O2.C[C@@H](NC(=O)N1C(=O)[C@H](Cc2ccnc(N)c2)[C@H]1C(=O)O)c1ccc2c(c1)OC(F)(F)O2. The molecule has 12 heterocycles. The Balaban J connectivity index is 0.000000147. The number of imide groups is 4. The molecule has 4 aromatic carbocycles. The highest BCUT2D eigenvalue weighted by Gasteiger charge is 2.59. The first-order chi connectivity index (χ1) is 60.9. The quantitative estimate of drug-likeness (QED) is 0.0162. The molecule has 44 heteroatoms. The summed E-state index contributed by atoms with van der Waals surface area (Å²) in [5.74, 6) is -14.5. The van der Waals surface area contributed by atoms with Gasteiger partial charge in [-0.3, -0.25) is 53.2 Å². The van der Waals surface area contributed by atoms with Crippen molar-refractivity contribution in [2.45, 2.75) is 153 Å². The van der Waals surface area contributed by atoms with Crippen LogP contribution in [0.15, 0.2) is 152 Å². The number of esters is 1. The number of hydrogen-bond donors (Lipinski definition) is 5. The minimum atomic E-state index is -3.78. The number of carboxylic acids is 3. The number of hydrogen-bond acceptors (Lipinski definition) is 26. The van der Waals surface area contributed by atoms with Crippen LogP contribution in [0.25, 0.3) is 0 Å². The maximum Gasteiger partial charge on any atom is 0.586 e. The van der Waals surface area contributed by atoms with Crippen molar-refractivity contribution in [1.29, 1.82) is 0 Å². The van der Waals surface area contributed by atoms with Gasteiger partial charge in [-0.1, -0.05) is 68.2 Å². The maximum atomic E-state index is 13.3. The molecule has 129 heavy (non-hydrogen) atoms. The molecule has 0 radical (unpaired) electrons. The molecule has 4 aromatic heterocycles. The molecule has 0 aliphatic carbocycles. The summed E-state index contributed by atoms with van der Waals surface area (Å²) < 4.78 is 146. The number of pyridine rings is 4. The highest BCUT2D eigenvalue weighted by molar-refractivity contribution is 6.29. The topological polar surface area (TPSA) is 451 Å². The number of alkyl halides is 8. The van der Waals surface area contributed by atoms with E-state index in [1.165, 1.54) is 104 Å². The van der Waals surface area contributed by atoms with Gasteiger partial charge in [0.2, 0.25) is 41.4 Å². The number of carboxylic acid groups (broad SMARTS) is 3. The normalized spacial score (nSPS) is 21.6. The number of aliphatic carboxylic acids is 3. The number of amides is 9. The summed E-state index contributed by atoms with van der Waals surface area (Å²) >= 11 is 11.7. The number of ether oxygens (including phenoxy) is 9. The van der Waals surface area contributed by atoms with Crippen molar-refractivity contribution in [3.63, 3.8) is 0 Å². The van der Waals surface area contributed by atoms with Gasteiger partial charge in [0.25, 0.3) is 0 Å². The van der Waals surface area contributed by atoms with Crippen LogP contribution in [0.3, 0.4) is 0 Å². The van der Waals surface area contributed by atoms with Gasteiger partial charge < -0.3 is 69.0 Å². The number of nitrogens with one attached hydrogen (secondary N) is 1. The summed E-state index contributed by atoms with van der Waals surface area (Å²) in [7, 11) is 0. The number of carbonyl (C=O) groups is 12. The minimum absolute atomic E-state index is 0.0816. The van der Waals surface area contributed by atoms with Crippen molar-refractivity contribution in [2.24, 2.45) is 23.7 Å². The lowest BCUT2D eigenvalue weighted by Crippen LogP contribution is -2.68. The third kappa shape index (κ3) is 20.7.